The summed E-state index contributed by atoms with van der Waals surface area (Å²) in [7, 11) is 0. The first-order valence-electron chi connectivity index (χ1n) is 11.1. The quantitative estimate of drug-likeness (QED) is 0.368. The summed E-state index contributed by atoms with van der Waals surface area (Å²) in [5, 5.41) is 23.4. The molecule has 35 heavy (non-hydrogen) atoms. The molecule has 3 aromatic rings. The Morgan fingerprint density at radius 3 is 2.31 bits per heavy atom. The highest BCUT2D eigenvalue weighted by atomic mass is 16.5. The number of hydrogen-bond acceptors (Lipinski definition) is 6. The molecule has 0 saturated carbocycles. The standard InChI is InChI=1S/C25H26N4O6/c1-25(14-30,23(32)33)28-22(31)21-12-29(15-27-21)11-10-26-24(34)35-13-20-18-8-4-2-6-16(18)17-7-3-5-9-19(17)20/h2-9,12,15,20,30H,10-11,13-14H2,1H3,(H,26,34)(H,28,31)(H,32,33). The van der Waals surface area contributed by atoms with Gasteiger partial charge in [-0.05, 0) is 29.2 Å². The van der Waals surface area contributed by atoms with E-state index in [1.165, 1.54) is 19.4 Å². The number of benzene rings is 2. The van der Waals surface area contributed by atoms with Crippen LogP contribution in [0.4, 0.5) is 4.79 Å². The van der Waals surface area contributed by atoms with Gasteiger partial charge < -0.3 is 30.2 Å². The molecule has 0 fully saturated rings. The van der Waals surface area contributed by atoms with Gasteiger partial charge in [0, 0.05) is 25.2 Å². The van der Waals surface area contributed by atoms with E-state index in [2.05, 4.69) is 27.8 Å². The third-order valence-corrected chi connectivity index (χ3v) is 6.03. The van der Waals surface area contributed by atoms with Gasteiger partial charge in [0.15, 0.2) is 5.54 Å². The third-order valence-electron chi connectivity index (χ3n) is 6.03. The fourth-order valence-corrected chi connectivity index (χ4v) is 4.01. The molecule has 1 atom stereocenters. The second-order valence-electron chi connectivity index (χ2n) is 8.50. The number of carboxylic acid groups (broad SMARTS) is 1. The van der Waals surface area contributed by atoms with Crippen molar-refractivity contribution in [1.82, 2.24) is 20.2 Å². The number of amides is 2. The van der Waals surface area contributed by atoms with Crippen LogP contribution in [0.1, 0.15) is 34.5 Å². The van der Waals surface area contributed by atoms with E-state index in [9.17, 15) is 19.5 Å². The van der Waals surface area contributed by atoms with Crippen LogP contribution >= 0.6 is 0 Å². The van der Waals surface area contributed by atoms with Crippen molar-refractivity contribution in [3.05, 3.63) is 77.9 Å². The minimum atomic E-state index is -1.81. The molecule has 0 aliphatic heterocycles. The maximum Gasteiger partial charge on any atom is 0.407 e. The SMILES string of the molecule is CC(CO)(NC(=O)c1cn(CCNC(=O)OCC2c3ccccc3-c3ccccc32)cn1)C(=O)O. The molecule has 182 valence electrons. The van der Waals surface area contributed by atoms with Gasteiger partial charge in [0.1, 0.15) is 12.3 Å². The molecular formula is C25H26N4O6. The fraction of sp³-hybridized carbons (Fsp3) is 0.280. The molecule has 2 aromatic carbocycles. The maximum atomic E-state index is 12.3. The number of alkyl carbamates (subject to hydrolysis) is 1. The first kappa shape index (κ1) is 24.0. The maximum absolute atomic E-state index is 12.3. The monoisotopic (exact) mass is 478 g/mol. The molecule has 4 rings (SSSR count). The van der Waals surface area contributed by atoms with Crippen LogP contribution in [0, 0.1) is 0 Å². The van der Waals surface area contributed by atoms with Gasteiger partial charge >= 0.3 is 12.1 Å². The van der Waals surface area contributed by atoms with Gasteiger partial charge in [0.25, 0.3) is 5.91 Å². The van der Waals surface area contributed by atoms with Gasteiger partial charge in [-0.3, -0.25) is 4.79 Å². The summed E-state index contributed by atoms with van der Waals surface area (Å²) in [5.74, 6) is -2.12. The molecule has 0 saturated heterocycles. The van der Waals surface area contributed by atoms with Crippen molar-refractivity contribution < 1.29 is 29.3 Å². The van der Waals surface area contributed by atoms with Crippen LogP contribution in [-0.4, -0.2) is 63.0 Å². The Morgan fingerprint density at radius 1 is 1.09 bits per heavy atom. The molecule has 1 aliphatic carbocycles. The van der Waals surface area contributed by atoms with Gasteiger partial charge in [-0.25, -0.2) is 14.6 Å². The van der Waals surface area contributed by atoms with E-state index in [0.29, 0.717) is 6.54 Å². The van der Waals surface area contributed by atoms with Crippen LogP contribution in [-0.2, 0) is 16.1 Å². The minimum absolute atomic E-state index is 0.00735. The van der Waals surface area contributed by atoms with Crippen LogP contribution in [0.5, 0.6) is 0 Å². The highest BCUT2D eigenvalue weighted by Gasteiger charge is 2.35. The summed E-state index contributed by atoms with van der Waals surface area (Å²) in [6.07, 6.45) is 2.27. The van der Waals surface area contributed by atoms with Crippen molar-refractivity contribution in [3.8, 4) is 11.1 Å². The van der Waals surface area contributed by atoms with Crippen molar-refractivity contribution in [3.63, 3.8) is 0 Å². The lowest BCUT2D eigenvalue weighted by atomic mass is 9.98. The van der Waals surface area contributed by atoms with E-state index in [0.717, 1.165) is 22.3 Å². The normalized spacial score (nSPS) is 13.9. The van der Waals surface area contributed by atoms with E-state index < -0.39 is 30.1 Å². The molecule has 1 heterocycles. The molecular weight excluding hydrogens is 452 g/mol. The van der Waals surface area contributed by atoms with Crippen LogP contribution < -0.4 is 10.6 Å². The van der Waals surface area contributed by atoms with E-state index >= 15 is 0 Å². The van der Waals surface area contributed by atoms with Crippen molar-refractivity contribution in [2.75, 3.05) is 19.8 Å². The first-order valence-corrected chi connectivity index (χ1v) is 11.1. The topological polar surface area (TPSA) is 143 Å². The van der Waals surface area contributed by atoms with Crippen LogP contribution in [0.15, 0.2) is 61.1 Å². The summed E-state index contributed by atoms with van der Waals surface area (Å²) >= 11 is 0. The Labute approximate surface area is 201 Å². The predicted molar refractivity (Wildman–Crippen MR) is 126 cm³/mol. The lowest BCUT2D eigenvalue weighted by Crippen LogP contribution is -2.55. The van der Waals surface area contributed by atoms with Crippen LogP contribution in [0.2, 0.25) is 0 Å². The first-order chi connectivity index (χ1) is 16.8. The van der Waals surface area contributed by atoms with E-state index in [1.54, 1.807) is 4.57 Å². The Morgan fingerprint density at radius 2 is 1.71 bits per heavy atom. The minimum Gasteiger partial charge on any atom is -0.479 e. The largest absolute Gasteiger partial charge is 0.479 e. The smallest absolute Gasteiger partial charge is 0.407 e. The molecule has 1 aliphatic rings. The number of ether oxygens (including phenoxy) is 1. The number of aliphatic hydroxyl groups excluding tert-OH is 1. The van der Waals surface area contributed by atoms with Crippen LogP contribution in [0.25, 0.3) is 11.1 Å². The highest BCUT2D eigenvalue weighted by Crippen LogP contribution is 2.44. The average molecular weight is 479 g/mol. The summed E-state index contributed by atoms with van der Waals surface area (Å²) in [6, 6.07) is 16.2. The number of aromatic nitrogens is 2. The zero-order valence-corrected chi connectivity index (χ0v) is 19.1. The van der Waals surface area contributed by atoms with Gasteiger partial charge in [0.2, 0.25) is 0 Å². The average Bonchev–Trinajstić information content (AvgIpc) is 3.45. The number of nitrogens with one attached hydrogen (secondary N) is 2. The van der Waals surface area contributed by atoms with Crippen molar-refractivity contribution in [1.29, 1.82) is 0 Å². The number of aliphatic hydroxyl groups is 1. The highest BCUT2D eigenvalue weighted by molar-refractivity contribution is 5.96. The lowest BCUT2D eigenvalue weighted by Gasteiger charge is -2.22. The molecule has 1 unspecified atom stereocenters. The predicted octanol–water partition coefficient (Wildman–Crippen LogP) is 1.99. The number of carbonyl (C=O) groups is 3. The zero-order chi connectivity index (χ0) is 25.0. The molecule has 10 heteroatoms. The molecule has 1 aromatic heterocycles. The Kier molecular flexibility index (Phi) is 6.83. The summed E-state index contributed by atoms with van der Waals surface area (Å²) in [5.41, 5.74) is 2.75. The number of aliphatic carboxylic acids is 1. The molecule has 0 bridgehead atoms. The van der Waals surface area contributed by atoms with E-state index in [-0.39, 0.29) is 24.8 Å². The number of carbonyl (C=O) groups excluding carboxylic acids is 2. The molecule has 2 amide bonds. The lowest BCUT2D eigenvalue weighted by molar-refractivity contribution is -0.145. The van der Waals surface area contributed by atoms with Gasteiger partial charge in [-0.15, -0.1) is 0 Å². The summed E-state index contributed by atoms with van der Waals surface area (Å²) < 4.78 is 7.07. The molecule has 0 spiro atoms. The molecule has 4 N–H and O–H groups in total. The fourth-order valence-electron chi connectivity index (χ4n) is 4.01. The Hall–Kier alpha value is -4.18. The second-order valence-corrected chi connectivity index (χ2v) is 8.50. The third kappa shape index (κ3) is 5.02. The van der Waals surface area contributed by atoms with Crippen molar-refractivity contribution >= 4 is 18.0 Å². The summed E-state index contributed by atoms with van der Waals surface area (Å²) in [4.78, 5) is 39.7. The second kappa shape index (κ2) is 9.98. The van der Waals surface area contributed by atoms with Gasteiger partial charge in [-0.2, -0.15) is 0 Å². The molecule has 0 radical (unpaired) electrons. The van der Waals surface area contributed by atoms with Crippen molar-refractivity contribution in [2.24, 2.45) is 0 Å². The number of hydrogen-bond donors (Lipinski definition) is 4. The summed E-state index contributed by atoms with van der Waals surface area (Å²) in [6.45, 7) is 1.20. The van der Waals surface area contributed by atoms with E-state index in [1.807, 2.05) is 36.4 Å². The van der Waals surface area contributed by atoms with Gasteiger partial charge in [0.05, 0.1) is 12.9 Å². The Balaban J connectivity index is 1.27. The van der Waals surface area contributed by atoms with E-state index in [4.69, 9.17) is 9.84 Å². The Bertz CT molecular complexity index is 1210. The number of fused-ring (bicyclic) bond motifs is 3. The van der Waals surface area contributed by atoms with Crippen LogP contribution in [0.3, 0.4) is 0 Å². The van der Waals surface area contributed by atoms with Gasteiger partial charge in [-0.1, -0.05) is 48.5 Å². The molecule has 10 nitrogen and oxygen atoms in total. The number of nitrogens with zero attached hydrogens (tertiary/aromatic N) is 2. The zero-order valence-electron chi connectivity index (χ0n) is 19.1. The van der Waals surface area contributed by atoms with Crippen molar-refractivity contribution in [2.45, 2.75) is 24.9 Å². The number of carboxylic acids is 1. The number of imidazole rings is 1. The number of rotatable bonds is 9.